The Hall–Kier alpha value is -1.10. The number of Topliss-reactive ketones (excluding diaryl/α,β-unsaturated/α-hetero) is 1. The van der Waals surface area contributed by atoms with Crippen molar-refractivity contribution >= 4 is 11.9 Å². The fourth-order valence-corrected chi connectivity index (χ4v) is 1.37. The van der Waals surface area contributed by atoms with E-state index in [4.69, 9.17) is 9.47 Å². The molecule has 92 valence electrons. The zero-order chi connectivity index (χ0) is 12.4. The van der Waals surface area contributed by atoms with Gasteiger partial charge >= 0.3 is 6.09 Å². The summed E-state index contributed by atoms with van der Waals surface area (Å²) in [7, 11) is 1.46. The molecule has 1 rings (SSSR count). The molecule has 5 nitrogen and oxygen atoms in total. The summed E-state index contributed by atoms with van der Waals surface area (Å²) < 4.78 is 9.87. The number of methoxy groups -OCH3 is 1. The van der Waals surface area contributed by atoms with E-state index in [0.29, 0.717) is 12.8 Å². The normalized spacial score (nSPS) is 17.8. The van der Waals surface area contributed by atoms with E-state index >= 15 is 0 Å². The Kier molecular flexibility index (Phi) is 3.57. The summed E-state index contributed by atoms with van der Waals surface area (Å²) >= 11 is 0. The molecule has 0 aliphatic heterocycles. The molecule has 5 heteroatoms. The quantitative estimate of drug-likeness (QED) is 0.788. The molecular weight excluding hydrogens is 210 g/mol. The Labute approximate surface area is 95.5 Å². The summed E-state index contributed by atoms with van der Waals surface area (Å²) in [6, 6.07) is 0. The summed E-state index contributed by atoms with van der Waals surface area (Å²) in [5.74, 6) is -0.0964. The third-order valence-corrected chi connectivity index (χ3v) is 2.30. The fraction of sp³-hybridized carbons (Fsp3) is 0.818. The number of hydrogen-bond donors (Lipinski definition) is 1. The van der Waals surface area contributed by atoms with Gasteiger partial charge in [-0.3, -0.25) is 4.79 Å². The van der Waals surface area contributed by atoms with Gasteiger partial charge in [0.05, 0.1) is 0 Å². The van der Waals surface area contributed by atoms with E-state index in [0.717, 1.165) is 0 Å². The van der Waals surface area contributed by atoms with Crippen LogP contribution in [0.5, 0.6) is 0 Å². The number of hydrogen-bond acceptors (Lipinski definition) is 4. The standard InChI is InChI=1S/C11H19NO4/c1-10(2,3)16-9(14)12-11(5-6-11)8(13)7-15-4/h5-7H2,1-4H3,(H,12,14). The molecule has 0 spiro atoms. The highest BCUT2D eigenvalue weighted by molar-refractivity contribution is 5.95. The van der Waals surface area contributed by atoms with Crippen LogP contribution < -0.4 is 5.32 Å². The Bertz CT molecular complexity index is 289. The summed E-state index contributed by atoms with van der Waals surface area (Å²) in [5.41, 5.74) is -1.29. The monoisotopic (exact) mass is 229 g/mol. The second kappa shape index (κ2) is 4.41. The second-order valence-corrected chi connectivity index (χ2v) is 5.07. The van der Waals surface area contributed by atoms with Crippen LogP contribution in [0, 0.1) is 0 Å². The van der Waals surface area contributed by atoms with Gasteiger partial charge in [0, 0.05) is 7.11 Å². The molecule has 1 amide bonds. The van der Waals surface area contributed by atoms with Crippen LogP contribution in [0.4, 0.5) is 4.79 Å². The van der Waals surface area contributed by atoms with E-state index in [-0.39, 0.29) is 12.4 Å². The van der Waals surface area contributed by atoms with Gasteiger partial charge in [0.1, 0.15) is 17.7 Å². The molecule has 0 unspecified atom stereocenters. The maximum Gasteiger partial charge on any atom is 0.408 e. The van der Waals surface area contributed by atoms with Crippen molar-refractivity contribution in [1.82, 2.24) is 5.32 Å². The highest BCUT2D eigenvalue weighted by Crippen LogP contribution is 2.36. The van der Waals surface area contributed by atoms with Gasteiger partial charge in [0.15, 0.2) is 5.78 Å². The van der Waals surface area contributed by atoms with Crippen LogP contribution >= 0.6 is 0 Å². The molecule has 1 saturated carbocycles. The summed E-state index contributed by atoms with van der Waals surface area (Å²) in [6.45, 7) is 5.37. The highest BCUT2D eigenvalue weighted by atomic mass is 16.6. The van der Waals surface area contributed by atoms with Crippen LogP contribution in [0.1, 0.15) is 33.6 Å². The number of carbonyl (C=O) groups excluding carboxylic acids is 2. The van der Waals surface area contributed by atoms with Gasteiger partial charge in [-0.25, -0.2) is 4.79 Å². The molecule has 0 radical (unpaired) electrons. The van der Waals surface area contributed by atoms with Crippen molar-refractivity contribution in [3.05, 3.63) is 0 Å². The van der Waals surface area contributed by atoms with Crippen molar-refractivity contribution in [3.63, 3.8) is 0 Å². The third-order valence-electron chi connectivity index (χ3n) is 2.30. The van der Waals surface area contributed by atoms with Gasteiger partial charge in [-0.15, -0.1) is 0 Å². The highest BCUT2D eigenvalue weighted by Gasteiger charge is 2.51. The first-order valence-electron chi connectivity index (χ1n) is 5.32. The number of ketones is 1. The van der Waals surface area contributed by atoms with Crippen molar-refractivity contribution in [2.75, 3.05) is 13.7 Å². The van der Waals surface area contributed by atoms with Crippen LogP contribution in [0.3, 0.4) is 0 Å². The van der Waals surface area contributed by atoms with Crippen molar-refractivity contribution < 1.29 is 19.1 Å². The summed E-state index contributed by atoms with van der Waals surface area (Å²) in [6.07, 6.45) is 0.775. The molecule has 0 bridgehead atoms. The smallest absolute Gasteiger partial charge is 0.408 e. The molecule has 1 aliphatic rings. The van der Waals surface area contributed by atoms with E-state index in [2.05, 4.69) is 5.32 Å². The van der Waals surface area contributed by atoms with E-state index in [1.54, 1.807) is 20.8 Å². The molecule has 0 aromatic heterocycles. The van der Waals surface area contributed by atoms with E-state index in [1.165, 1.54) is 7.11 Å². The maximum atomic E-state index is 11.6. The van der Waals surface area contributed by atoms with E-state index < -0.39 is 17.2 Å². The molecule has 0 atom stereocenters. The van der Waals surface area contributed by atoms with Crippen molar-refractivity contribution in [2.45, 2.75) is 44.8 Å². The number of amides is 1. The topological polar surface area (TPSA) is 64.6 Å². The lowest BCUT2D eigenvalue weighted by Gasteiger charge is -2.22. The average molecular weight is 229 g/mol. The van der Waals surface area contributed by atoms with Crippen LogP contribution in [-0.2, 0) is 14.3 Å². The lowest BCUT2D eigenvalue weighted by atomic mass is 10.1. The Morgan fingerprint density at radius 2 is 1.88 bits per heavy atom. The lowest BCUT2D eigenvalue weighted by Crippen LogP contribution is -2.46. The summed E-state index contributed by atoms with van der Waals surface area (Å²) in [5, 5.41) is 2.62. The Morgan fingerprint density at radius 1 is 1.31 bits per heavy atom. The van der Waals surface area contributed by atoms with Crippen LogP contribution in [0.15, 0.2) is 0 Å². The zero-order valence-electron chi connectivity index (χ0n) is 10.3. The number of rotatable bonds is 4. The molecular formula is C11H19NO4. The molecule has 16 heavy (non-hydrogen) atoms. The molecule has 0 heterocycles. The first-order chi connectivity index (χ1) is 7.29. The lowest BCUT2D eigenvalue weighted by molar-refractivity contribution is -0.125. The average Bonchev–Trinajstić information content (AvgIpc) is 2.82. The Balaban J connectivity index is 2.48. The van der Waals surface area contributed by atoms with Crippen molar-refractivity contribution in [1.29, 1.82) is 0 Å². The largest absolute Gasteiger partial charge is 0.444 e. The SMILES string of the molecule is COCC(=O)C1(NC(=O)OC(C)(C)C)CC1. The number of carbonyl (C=O) groups is 2. The minimum Gasteiger partial charge on any atom is -0.444 e. The Morgan fingerprint density at radius 3 is 2.25 bits per heavy atom. The van der Waals surface area contributed by atoms with E-state index in [1.807, 2.05) is 0 Å². The minimum atomic E-state index is -0.738. The predicted molar refractivity (Wildman–Crippen MR) is 58.2 cm³/mol. The first kappa shape index (κ1) is 13.0. The molecule has 0 aromatic carbocycles. The number of alkyl carbamates (subject to hydrolysis) is 1. The molecule has 1 aliphatic carbocycles. The second-order valence-electron chi connectivity index (χ2n) is 5.07. The number of ether oxygens (including phenoxy) is 2. The zero-order valence-corrected chi connectivity index (χ0v) is 10.3. The number of nitrogens with one attached hydrogen (secondary N) is 1. The third kappa shape index (κ3) is 3.48. The first-order valence-corrected chi connectivity index (χ1v) is 5.32. The van der Waals surface area contributed by atoms with Crippen LogP contribution in [0.25, 0.3) is 0 Å². The maximum absolute atomic E-state index is 11.6. The van der Waals surface area contributed by atoms with Gasteiger partial charge in [0.25, 0.3) is 0 Å². The van der Waals surface area contributed by atoms with Gasteiger partial charge in [-0.05, 0) is 33.6 Å². The predicted octanol–water partition coefficient (Wildman–Crippen LogP) is 1.26. The van der Waals surface area contributed by atoms with Crippen molar-refractivity contribution in [3.8, 4) is 0 Å². The molecule has 1 fully saturated rings. The van der Waals surface area contributed by atoms with Crippen molar-refractivity contribution in [2.24, 2.45) is 0 Å². The van der Waals surface area contributed by atoms with Crippen LogP contribution in [0.2, 0.25) is 0 Å². The minimum absolute atomic E-state index is 0.0236. The summed E-state index contributed by atoms with van der Waals surface area (Å²) in [4.78, 5) is 23.1. The van der Waals surface area contributed by atoms with E-state index in [9.17, 15) is 9.59 Å². The molecule has 0 saturated heterocycles. The molecule has 1 N–H and O–H groups in total. The van der Waals surface area contributed by atoms with Gasteiger partial charge < -0.3 is 14.8 Å². The van der Waals surface area contributed by atoms with Gasteiger partial charge in [-0.1, -0.05) is 0 Å². The molecule has 0 aromatic rings. The fourth-order valence-electron chi connectivity index (χ4n) is 1.37. The van der Waals surface area contributed by atoms with Gasteiger partial charge in [-0.2, -0.15) is 0 Å². The van der Waals surface area contributed by atoms with Gasteiger partial charge in [0.2, 0.25) is 0 Å². The van der Waals surface area contributed by atoms with Crippen LogP contribution in [-0.4, -0.2) is 36.7 Å².